The van der Waals surface area contributed by atoms with Crippen LogP contribution in [0.15, 0.2) is 188 Å². The normalized spacial score (nSPS) is 11.4. The van der Waals surface area contributed by atoms with Crippen molar-refractivity contribution in [1.82, 2.24) is 0 Å². The third-order valence-corrected chi connectivity index (χ3v) is 16.3. The van der Waals surface area contributed by atoms with Gasteiger partial charge in [0.2, 0.25) is 0 Å². The van der Waals surface area contributed by atoms with E-state index in [9.17, 15) is 166 Å². The number of hydrogen-bond donors (Lipinski definition) is 9. The van der Waals surface area contributed by atoms with Crippen LogP contribution in [0.5, 0.6) is 0 Å². The van der Waals surface area contributed by atoms with E-state index in [1.807, 2.05) is 5.32 Å². The van der Waals surface area contributed by atoms with Crippen LogP contribution < -0.4 is 39.7 Å². The molecule has 0 aliphatic rings. The molecule has 0 aliphatic heterocycles. The number of nitrogens with zero attached hydrogens (tertiary/aromatic N) is 1. The smallest absolute Gasteiger partial charge is 0.418 e. The Kier molecular flexibility index (Phi) is 44.5. The number of nitro groups is 1. The van der Waals surface area contributed by atoms with Crippen molar-refractivity contribution in [3.05, 3.63) is 315 Å². The summed E-state index contributed by atoms with van der Waals surface area (Å²) in [6.07, 6.45) is -45.8. The standard InChI is InChI=1S/C16H11F6NO.2C9H6ClF3O.C9H7F3O2.C8H6F3NO2.2C8H8F3N.C7H5F3N2O2.C7H7F3N2.2CH4.FH/c1-9-6-7-10(12(8-9)16(20,21)22)14(24)23-13-5-3-2-4-11(13)15(17,18)19;2*1-5-2-3-6(8(10)14)7(4-5)9(11,12)13;1-5-2-3-6(8(13)14)7(4-5)9(10,11)12;9-8(10,11)6-3-4(12)1-2-5(6)7(13)14;2*1-5-2-3-7(12)6(4-5)8(9,10)11;8-7(9,10)5-3-4(12(13)14)1-2-6(5)11;8-7(9,10)5-3-4(11)1-2-6(5)12;;;/h2-8H,1H3,(H,23,24);2*2-4H,1H3;2-4H,1H3,(H,13,14);1-3H,12H2,(H,13,14);2*2-4H,12H2,1H3;1-3H,11H2;1-3H,11-12H2;2*1H4;1H. The lowest BCUT2D eigenvalue weighted by Crippen LogP contribution is -2.20. The number of rotatable bonds is 7. The molecule has 17 nitrogen and oxygen atoms in total. The number of carbonyl (C=O) groups excluding carboxylic acids is 3. The number of nitro benzene ring substituents is 1. The largest absolute Gasteiger partial charge is 0.478 e. The number of nitrogens with one attached hydrogen (secondary N) is 1. The van der Waals surface area contributed by atoms with E-state index in [2.05, 4.69) is 0 Å². The second-order valence-electron chi connectivity index (χ2n) is 26.2. The number of para-hydroxylation sites is 1. The van der Waals surface area contributed by atoms with Gasteiger partial charge in [0.15, 0.2) is 0 Å². The first-order chi connectivity index (χ1) is 58.8. The topological polar surface area (TPSA) is 337 Å². The van der Waals surface area contributed by atoms with Gasteiger partial charge in [0, 0.05) is 57.4 Å². The summed E-state index contributed by atoms with van der Waals surface area (Å²) in [7, 11) is 0. The van der Waals surface area contributed by atoms with Crippen LogP contribution in [0.3, 0.4) is 0 Å². The summed E-state index contributed by atoms with van der Waals surface area (Å²) < 4.78 is 372. The van der Waals surface area contributed by atoms with Crippen LogP contribution in [-0.4, -0.2) is 43.5 Å². The van der Waals surface area contributed by atoms with E-state index in [1.165, 1.54) is 76.2 Å². The number of carboxylic acids is 2. The van der Waals surface area contributed by atoms with Gasteiger partial charge < -0.3 is 49.9 Å². The van der Waals surface area contributed by atoms with Crippen molar-refractivity contribution in [2.75, 3.05) is 39.7 Å². The Labute approximate surface area is 742 Å². The maximum absolute atomic E-state index is 13.0. The molecule has 0 aliphatic carbocycles. The molecule has 10 aromatic rings. The van der Waals surface area contributed by atoms with Gasteiger partial charge in [-0.25, -0.2) is 9.59 Å². The number of carboxylic acid groups (broad SMARTS) is 2. The molecular weight excluding hydrogens is 1910 g/mol. The Bertz CT molecular complexity index is 5210. The zero-order chi connectivity index (χ0) is 101. The summed E-state index contributed by atoms with van der Waals surface area (Å²) in [5.74, 6) is -4.46. The Morgan fingerprint density at radius 1 is 0.293 bits per heavy atom. The highest BCUT2D eigenvalue weighted by Gasteiger charge is 2.42. The van der Waals surface area contributed by atoms with E-state index in [1.54, 1.807) is 26.0 Å². The second-order valence-corrected chi connectivity index (χ2v) is 26.9. The van der Waals surface area contributed by atoms with Gasteiger partial charge in [0.1, 0.15) is 0 Å². The number of aryl methyl sites for hydroxylation is 6. The number of carbonyl (C=O) groups is 5. The van der Waals surface area contributed by atoms with Gasteiger partial charge in [-0.15, -0.1) is 0 Å². The molecule has 0 heterocycles. The Morgan fingerprint density at radius 3 is 0.782 bits per heavy atom. The molecule has 133 heavy (non-hydrogen) atoms. The van der Waals surface area contributed by atoms with Gasteiger partial charge in [-0.05, 0) is 192 Å². The molecule has 0 saturated heterocycles. The summed E-state index contributed by atoms with van der Waals surface area (Å²) in [6, 6.07) is 32.6. The summed E-state index contributed by atoms with van der Waals surface area (Å²) in [5, 5.41) is 26.9. The average molecular weight is 1990 g/mol. The molecule has 15 N–H and O–H groups in total. The van der Waals surface area contributed by atoms with E-state index < -0.39 is 196 Å². The fraction of sp³-hybridized carbons (Fsp3) is 0.217. The van der Waals surface area contributed by atoms with Gasteiger partial charge in [0.05, 0.1) is 82.9 Å². The Hall–Kier alpha value is -13.4. The number of benzene rings is 10. The van der Waals surface area contributed by atoms with E-state index >= 15 is 0 Å². The highest BCUT2D eigenvalue weighted by molar-refractivity contribution is 6.68. The highest BCUT2D eigenvalue weighted by atomic mass is 35.5. The van der Waals surface area contributed by atoms with E-state index in [0.717, 1.165) is 115 Å². The molecule has 0 radical (unpaired) electrons. The molecule has 0 bridgehead atoms. The quantitative estimate of drug-likeness (QED) is 0.0235. The summed E-state index contributed by atoms with van der Waals surface area (Å²) >= 11 is 10.1. The number of amides is 1. The monoisotopic (exact) mass is 1980 g/mol. The Morgan fingerprint density at radius 2 is 0.504 bits per heavy atom. The lowest BCUT2D eigenvalue weighted by atomic mass is 10.0. The van der Waals surface area contributed by atoms with Crippen LogP contribution in [0.2, 0.25) is 0 Å². The van der Waals surface area contributed by atoms with Crippen LogP contribution >= 0.6 is 23.2 Å². The van der Waals surface area contributed by atoms with E-state index in [4.69, 9.17) is 67.8 Å². The van der Waals surface area contributed by atoms with Crippen molar-refractivity contribution in [3.63, 3.8) is 0 Å². The molecule has 50 heteroatoms. The van der Waals surface area contributed by atoms with Crippen LogP contribution in [0, 0.1) is 51.7 Å². The third kappa shape index (κ3) is 39.3. The minimum atomic E-state index is -4.80. The predicted octanol–water partition coefficient (Wildman–Crippen LogP) is 27.5. The molecule has 730 valence electrons. The SMILES string of the molecule is C.C.Cc1ccc(C(=O)Cl)c(C(F)(F)F)c1.Cc1ccc(C(=O)Cl)c(C(F)(F)F)c1.Cc1ccc(C(=O)Nc2ccccc2C(F)(F)F)c(C(F)(F)F)c1.Cc1ccc(C(=O)O)c(C(F)(F)F)c1.Cc1ccc(N)c(C(F)(F)F)c1.Cc1ccc(N)c(C(F)(F)F)c1.F.Nc1ccc(C(=O)O)c(C(F)(F)F)c1.Nc1ccc(N)c(C(F)(F)F)c1.Nc1ccc([N+](=O)[O-])cc1C(F)(F)F. The van der Waals surface area contributed by atoms with Crippen molar-refractivity contribution in [2.24, 2.45) is 0 Å². The second kappa shape index (κ2) is 48.6. The number of halogens is 33. The molecule has 10 rings (SSSR count). The molecule has 0 fully saturated rings. The van der Waals surface area contributed by atoms with Gasteiger partial charge in [-0.3, -0.25) is 29.2 Å². The lowest BCUT2D eigenvalue weighted by molar-refractivity contribution is -0.385. The van der Waals surface area contributed by atoms with Crippen LogP contribution in [0.25, 0.3) is 0 Å². The number of alkyl halides is 30. The maximum Gasteiger partial charge on any atom is 0.418 e. The van der Waals surface area contributed by atoms with E-state index in [0.29, 0.717) is 39.9 Å². The van der Waals surface area contributed by atoms with Crippen molar-refractivity contribution in [2.45, 2.75) is 118 Å². The number of nitrogen functional groups attached to an aromatic ring is 6. The van der Waals surface area contributed by atoms with Gasteiger partial charge in [-0.2, -0.15) is 132 Å². The Balaban J connectivity index is 0. The number of hydrogen-bond acceptors (Lipinski definition) is 13. The highest BCUT2D eigenvalue weighted by Crippen LogP contribution is 2.43. The van der Waals surface area contributed by atoms with Gasteiger partial charge >= 0.3 is 73.7 Å². The first-order valence-corrected chi connectivity index (χ1v) is 35.3. The van der Waals surface area contributed by atoms with Crippen molar-refractivity contribution >= 4 is 97.0 Å². The first-order valence-electron chi connectivity index (χ1n) is 34.6. The molecule has 0 aromatic heterocycles. The zero-order valence-corrected chi connectivity index (χ0v) is 68.1. The fourth-order valence-corrected chi connectivity index (χ4v) is 10.2. The molecule has 10 aromatic carbocycles. The van der Waals surface area contributed by atoms with Crippen LogP contribution in [-0.2, 0) is 61.8 Å². The minimum Gasteiger partial charge on any atom is -0.478 e. The van der Waals surface area contributed by atoms with Crippen molar-refractivity contribution < 1.29 is 176 Å². The van der Waals surface area contributed by atoms with Gasteiger partial charge in [0.25, 0.3) is 22.1 Å². The molecule has 0 atom stereocenters. The van der Waals surface area contributed by atoms with E-state index in [-0.39, 0.29) is 53.6 Å². The number of aromatic carboxylic acids is 2. The third-order valence-electron chi connectivity index (χ3n) is 15.8. The molecule has 0 saturated carbocycles. The summed E-state index contributed by atoms with van der Waals surface area (Å²) in [5.41, 5.74) is 17.2. The average Bonchev–Trinajstić information content (AvgIpc) is 0.790. The number of nitrogens with two attached hydrogens (primary N) is 6. The summed E-state index contributed by atoms with van der Waals surface area (Å²) in [4.78, 5) is 63.7. The van der Waals surface area contributed by atoms with Crippen molar-refractivity contribution in [3.8, 4) is 0 Å². The lowest BCUT2D eigenvalue weighted by Gasteiger charge is -2.16. The number of anilines is 7. The van der Waals surface area contributed by atoms with Crippen molar-refractivity contribution in [1.29, 1.82) is 0 Å². The fourth-order valence-electron chi connectivity index (χ4n) is 9.86. The van der Waals surface area contributed by atoms with Crippen LogP contribution in [0.1, 0.15) is 156 Å². The molecular formula is C83H73Cl2F31N8O9. The molecule has 1 amide bonds. The predicted molar refractivity (Wildman–Crippen MR) is 434 cm³/mol. The number of non-ortho nitro benzene ring substituents is 1. The molecule has 0 spiro atoms. The van der Waals surface area contributed by atoms with Crippen LogP contribution in [0.4, 0.5) is 182 Å². The van der Waals surface area contributed by atoms with Gasteiger partial charge in [-0.1, -0.05) is 96.8 Å². The first kappa shape index (κ1) is 122. The molecule has 0 unspecified atom stereocenters. The zero-order valence-electron chi connectivity index (χ0n) is 66.6. The maximum atomic E-state index is 13.0. The minimum absolute atomic E-state index is 0. The summed E-state index contributed by atoms with van der Waals surface area (Å²) in [6.45, 7) is 9.09.